The summed E-state index contributed by atoms with van der Waals surface area (Å²) in [7, 11) is 0. The molecule has 1 aromatic carbocycles. The summed E-state index contributed by atoms with van der Waals surface area (Å²) in [5.74, 6) is -0.326. The van der Waals surface area contributed by atoms with Gasteiger partial charge in [-0.3, -0.25) is 4.79 Å². The summed E-state index contributed by atoms with van der Waals surface area (Å²) in [6, 6.07) is 7.03. The van der Waals surface area contributed by atoms with Crippen molar-refractivity contribution in [2.24, 2.45) is 0 Å². The molecule has 0 aromatic heterocycles. The van der Waals surface area contributed by atoms with Crippen LogP contribution in [0.5, 0.6) is 0 Å². The zero-order chi connectivity index (χ0) is 12.7. The Morgan fingerprint density at radius 1 is 1.41 bits per heavy atom. The Kier molecular flexibility index (Phi) is 5.69. The van der Waals surface area contributed by atoms with Gasteiger partial charge in [-0.15, -0.1) is 0 Å². The van der Waals surface area contributed by atoms with Crippen molar-refractivity contribution in [3.63, 3.8) is 0 Å². The molecule has 0 aliphatic rings. The smallest absolute Gasteiger partial charge is 0.244 e. The predicted octanol–water partition coefficient (Wildman–Crippen LogP) is 0.823. The highest BCUT2D eigenvalue weighted by Crippen LogP contribution is 2.10. The Labute approximate surface area is 105 Å². The number of benzene rings is 1. The van der Waals surface area contributed by atoms with E-state index in [1.807, 2.05) is 0 Å². The summed E-state index contributed by atoms with van der Waals surface area (Å²) in [5, 5.41) is 20.7. The maximum atomic E-state index is 11.3. The van der Waals surface area contributed by atoms with Gasteiger partial charge in [0, 0.05) is 17.6 Å². The second-order valence-corrected chi connectivity index (χ2v) is 3.90. The molecule has 3 N–H and O–H groups in total. The molecule has 0 saturated heterocycles. The van der Waals surface area contributed by atoms with E-state index < -0.39 is 6.10 Å². The first-order valence-electron chi connectivity index (χ1n) is 5.12. The molecule has 0 heterocycles. The number of hydrogen-bond donors (Lipinski definition) is 3. The fourth-order valence-electron chi connectivity index (χ4n) is 1.09. The van der Waals surface area contributed by atoms with Gasteiger partial charge in [0.1, 0.15) is 0 Å². The average molecular weight is 256 g/mol. The first-order chi connectivity index (χ1) is 8.11. The first kappa shape index (κ1) is 13.7. The van der Waals surface area contributed by atoms with Crippen LogP contribution < -0.4 is 5.32 Å². The van der Waals surface area contributed by atoms with Gasteiger partial charge in [-0.2, -0.15) is 0 Å². The van der Waals surface area contributed by atoms with Crippen molar-refractivity contribution in [1.82, 2.24) is 5.32 Å². The van der Waals surface area contributed by atoms with Gasteiger partial charge in [0.15, 0.2) is 0 Å². The third-order valence-electron chi connectivity index (χ3n) is 2.02. The van der Waals surface area contributed by atoms with Gasteiger partial charge in [-0.05, 0) is 23.8 Å². The lowest BCUT2D eigenvalue weighted by Gasteiger charge is -2.06. The molecule has 5 heteroatoms. The minimum absolute atomic E-state index is 0.0281. The number of carbonyl (C=O) groups excluding carboxylic acids is 1. The molecule has 0 bridgehead atoms. The van der Waals surface area contributed by atoms with E-state index in [1.54, 1.807) is 30.3 Å². The molecule has 0 saturated carbocycles. The average Bonchev–Trinajstić information content (AvgIpc) is 2.35. The number of amides is 1. The number of aliphatic hydroxyl groups excluding tert-OH is 2. The topological polar surface area (TPSA) is 69.6 Å². The van der Waals surface area contributed by atoms with Crippen LogP contribution in [0.15, 0.2) is 30.3 Å². The molecule has 0 fully saturated rings. The van der Waals surface area contributed by atoms with Crippen LogP contribution in [-0.2, 0) is 4.79 Å². The highest BCUT2D eigenvalue weighted by molar-refractivity contribution is 6.30. The standard InChI is InChI=1S/C12H14ClNO3/c13-10-4-1-9(2-5-10)3-6-12(17)14-7-11(16)8-15/h1-6,11,15-16H,7-8H2,(H,14,17)/b6-3-/t11-/m1/s1. The van der Waals surface area contributed by atoms with E-state index >= 15 is 0 Å². The monoisotopic (exact) mass is 255 g/mol. The maximum absolute atomic E-state index is 11.3. The minimum atomic E-state index is -0.928. The van der Waals surface area contributed by atoms with Crippen LogP contribution in [-0.4, -0.2) is 35.4 Å². The van der Waals surface area contributed by atoms with E-state index in [0.29, 0.717) is 5.02 Å². The molecule has 0 aliphatic heterocycles. The van der Waals surface area contributed by atoms with Gasteiger partial charge in [0.05, 0.1) is 12.7 Å². The largest absolute Gasteiger partial charge is 0.394 e. The molecule has 1 aromatic rings. The molecular weight excluding hydrogens is 242 g/mol. The second kappa shape index (κ2) is 7.06. The Morgan fingerprint density at radius 3 is 2.65 bits per heavy atom. The maximum Gasteiger partial charge on any atom is 0.244 e. The molecule has 0 radical (unpaired) electrons. The van der Waals surface area contributed by atoms with Crippen LogP contribution in [0.2, 0.25) is 5.02 Å². The lowest BCUT2D eigenvalue weighted by atomic mass is 10.2. The fraction of sp³-hybridized carbons (Fsp3) is 0.250. The summed E-state index contributed by atoms with van der Waals surface area (Å²) in [6.07, 6.45) is 2.06. The summed E-state index contributed by atoms with van der Waals surface area (Å²) in [5.41, 5.74) is 0.854. The lowest BCUT2D eigenvalue weighted by molar-refractivity contribution is -0.117. The molecule has 1 rings (SSSR count). The molecule has 17 heavy (non-hydrogen) atoms. The summed E-state index contributed by atoms with van der Waals surface area (Å²) in [6.45, 7) is -0.346. The Morgan fingerprint density at radius 2 is 2.06 bits per heavy atom. The van der Waals surface area contributed by atoms with E-state index in [1.165, 1.54) is 6.08 Å². The van der Waals surface area contributed by atoms with Crippen LogP contribution in [0.25, 0.3) is 6.08 Å². The quantitative estimate of drug-likeness (QED) is 0.683. The van der Waals surface area contributed by atoms with Crippen LogP contribution in [0, 0.1) is 0 Å². The Balaban J connectivity index is 2.42. The fourth-order valence-corrected chi connectivity index (χ4v) is 1.21. The summed E-state index contributed by atoms with van der Waals surface area (Å²) < 4.78 is 0. The number of rotatable bonds is 5. The molecule has 0 aliphatic carbocycles. The molecule has 0 unspecified atom stereocenters. The van der Waals surface area contributed by atoms with Crippen molar-refractivity contribution in [2.75, 3.05) is 13.2 Å². The first-order valence-corrected chi connectivity index (χ1v) is 5.50. The predicted molar refractivity (Wildman–Crippen MR) is 66.6 cm³/mol. The van der Waals surface area contributed by atoms with Crippen LogP contribution in [0.4, 0.5) is 0 Å². The lowest BCUT2D eigenvalue weighted by Crippen LogP contribution is -2.32. The van der Waals surface area contributed by atoms with Gasteiger partial charge >= 0.3 is 0 Å². The van der Waals surface area contributed by atoms with Gasteiger partial charge in [0.25, 0.3) is 0 Å². The third kappa shape index (κ3) is 5.49. The van der Waals surface area contributed by atoms with Crippen LogP contribution in [0.1, 0.15) is 5.56 Å². The van der Waals surface area contributed by atoms with Crippen molar-refractivity contribution in [2.45, 2.75) is 6.10 Å². The number of aliphatic hydroxyl groups is 2. The zero-order valence-electron chi connectivity index (χ0n) is 9.14. The molecular formula is C12H14ClNO3. The van der Waals surface area contributed by atoms with Crippen molar-refractivity contribution in [3.05, 3.63) is 40.9 Å². The molecule has 92 valence electrons. The minimum Gasteiger partial charge on any atom is -0.394 e. The highest BCUT2D eigenvalue weighted by atomic mass is 35.5. The zero-order valence-corrected chi connectivity index (χ0v) is 9.89. The van der Waals surface area contributed by atoms with E-state index in [0.717, 1.165) is 5.56 Å². The molecule has 1 atom stereocenters. The van der Waals surface area contributed by atoms with Gasteiger partial charge < -0.3 is 15.5 Å². The number of hydrogen-bond acceptors (Lipinski definition) is 3. The van der Waals surface area contributed by atoms with Crippen molar-refractivity contribution >= 4 is 23.6 Å². The van der Waals surface area contributed by atoms with Crippen LogP contribution >= 0.6 is 11.6 Å². The van der Waals surface area contributed by atoms with E-state index in [9.17, 15) is 4.79 Å². The van der Waals surface area contributed by atoms with Gasteiger partial charge in [0.2, 0.25) is 5.91 Å². The highest BCUT2D eigenvalue weighted by Gasteiger charge is 2.02. The van der Waals surface area contributed by atoms with E-state index in [-0.39, 0.29) is 19.1 Å². The SMILES string of the molecule is O=C(/C=C\c1ccc(Cl)cc1)NC[C@@H](O)CO. The van der Waals surface area contributed by atoms with E-state index in [2.05, 4.69) is 5.32 Å². The van der Waals surface area contributed by atoms with Crippen LogP contribution in [0.3, 0.4) is 0 Å². The molecule has 0 spiro atoms. The van der Waals surface area contributed by atoms with E-state index in [4.69, 9.17) is 21.8 Å². The number of nitrogens with one attached hydrogen (secondary N) is 1. The normalized spacial score (nSPS) is 12.6. The Bertz CT molecular complexity index is 389. The molecule has 1 amide bonds. The van der Waals surface area contributed by atoms with Gasteiger partial charge in [-0.1, -0.05) is 23.7 Å². The van der Waals surface area contributed by atoms with Crippen molar-refractivity contribution < 1.29 is 15.0 Å². The van der Waals surface area contributed by atoms with Gasteiger partial charge in [-0.25, -0.2) is 0 Å². The second-order valence-electron chi connectivity index (χ2n) is 3.47. The summed E-state index contributed by atoms with van der Waals surface area (Å²) in [4.78, 5) is 11.3. The summed E-state index contributed by atoms with van der Waals surface area (Å²) >= 11 is 5.72. The number of halogens is 1. The number of carbonyl (C=O) groups is 1. The van der Waals surface area contributed by atoms with Crippen molar-refractivity contribution in [1.29, 1.82) is 0 Å². The molecule has 4 nitrogen and oxygen atoms in total. The van der Waals surface area contributed by atoms with Crippen molar-refractivity contribution in [3.8, 4) is 0 Å². The Hall–Kier alpha value is -1.36. The third-order valence-corrected chi connectivity index (χ3v) is 2.27.